The van der Waals surface area contributed by atoms with E-state index in [0.717, 1.165) is 14.1 Å². The van der Waals surface area contributed by atoms with Gasteiger partial charge in [-0.1, -0.05) is 7.43 Å². The average Bonchev–Trinajstić information content (AvgIpc) is 1.54. The van der Waals surface area contributed by atoms with Crippen LogP contribution >= 0.6 is 10.7 Å². The standard InChI is InChI=1S/2CH3NO2.CH4.3CH3.2B.ClO2S.2Y/c2*1-2(3)4;;;;;;;1-4(2)3;;/h2*1H3;1H4;3*1H3;;;;;/q;;;3*-1;;;-1;;. The Labute approximate surface area is 183 Å². The van der Waals surface area contributed by atoms with Gasteiger partial charge in [0.25, 0.3) is 0 Å². The third kappa shape index (κ3) is 3450. The molecule has 0 aromatic carbocycles. The van der Waals surface area contributed by atoms with Crippen LogP contribution in [-0.2, 0) is 83.8 Å². The van der Waals surface area contributed by atoms with Gasteiger partial charge in [0.2, 0.25) is 0 Å². The van der Waals surface area contributed by atoms with Crippen LogP contribution in [0.1, 0.15) is 7.43 Å². The second-order valence-electron chi connectivity index (χ2n) is 1.07. The molecule has 0 aliphatic rings. The molecule has 0 fully saturated rings. The normalized spacial score (nSPS) is 4.20. The van der Waals surface area contributed by atoms with Gasteiger partial charge in [0.15, 0.2) is 14.1 Å². The van der Waals surface area contributed by atoms with E-state index in [0.29, 0.717) is 0 Å². The molecule has 0 amide bonds. The molecule has 118 valence electrons. The fraction of sp³-hybridized carbons (Fsp3) is 0.500. The molecule has 0 N–H and O–H groups in total. The molecule has 0 bridgehead atoms. The van der Waals surface area contributed by atoms with Crippen LogP contribution < -0.4 is 0 Å². The van der Waals surface area contributed by atoms with Crippen molar-refractivity contribution in [3.8, 4) is 0 Å². The Kier molecular flexibility index (Phi) is 293. The molecule has 0 saturated heterocycles. The molecule has 0 rings (SSSR count). The molecule has 0 aromatic rings. The number of hydrogen-bond donors (Lipinski definition) is 0. The molecule has 14 heteroatoms. The molecule has 8 nitrogen and oxygen atoms in total. The van der Waals surface area contributed by atoms with Gasteiger partial charge in [-0.2, -0.15) is 10.7 Å². The van der Waals surface area contributed by atoms with Gasteiger partial charge in [0.05, 0.1) is 0 Å². The second kappa shape index (κ2) is 71.0. The van der Waals surface area contributed by atoms with Crippen molar-refractivity contribution in [3.05, 3.63) is 42.5 Å². The van der Waals surface area contributed by atoms with Crippen molar-refractivity contribution in [2.24, 2.45) is 0 Å². The zero-order chi connectivity index (χ0) is 10.7. The molecule has 8 radical (unpaired) electrons. The van der Waals surface area contributed by atoms with E-state index in [1.807, 2.05) is 0 Å². The first-order valence-corrected chi connectivity index (χ1v) is 4.01. The minimum Gasteiger partial charge on any atom is -0.409 e. The molecule has 0 aliphatic carbocycles. The van der Waals surface area contributed by atoms with Gasteiger partial charge in [-0.25, -0.2) is 0 Å². The van der Waals surface area contributed by atoms with Gasteiger partial charge in [-0.05, 0) is 0 Å². The maximum atomic E-state index is 8.81. The minimum atomic E-state index is -2.39. The van der Waals surface area contributed by atoms with E-state index in [-0.39, 0.29) is 112 Å². The van der Waals surface area contributed by atoms with Gasteiger partial charge in [0, 0.05) is 102 Å². The van der Waals surface area contributed by atoms with Crippen molar-refractivity contribution >= 4 is 37.4 Å². The fourth-order valence-corrected chi connectivity index (χ4v) is 0. The van der Waals surface area contributed by atoms with Crippen LogP contribution in [0.25, 0.3) is 0 Å². The van der Waals surface area contributed by atoms with Crippen LogP contribution in [0.15, 0.2) is 0 Å². The molecular weight excluding hydrogens is 463 g/mol. The molecule has 0 atom stereocenters. The third-order valence-corrected chi connectivity index (χ3v) is 0. The predicted octanol–water partition coefficient (Wildman–Crippen LogP) is 1.46. The molecule has 0 aliphatic heterocycles. The molecule has 0 saturated carbocycles. The van der Waals surface area contributed by atoms with E-state index in [1.165, 1.54) is 0 Å². The Hall–Kier alpha value is 1.38. The first-order valence-electron chi connectivity index (χ1n) is 2.11. The number of rotatable bonds is 0. The summed E-state index contributed by atoms with van der Waals surface area (Å²) in [6, 6.07) is 0. The van der Waals surface area contributed by atoms with Gasteiger partial charge >= 0.3 is 0 Å². The largest absolute Gasteiger partial charge is 0.409 e. The van der Waals surface area contributed by atoms with Crippen LogP contribution in [-0.4, -0.2) is 40.8 Å². The summed E-state index contributed by atoms with van der Waals surface area (Å²) in [5.74, 6) is 0. The van der Waals surface area contributed by atoms with Crippen molar-refractivity contribution in [1.82, 2.24) is 0 Å². The van der Waals surface area contributed by atoms with Crippen LogP contribution in [0.3, 0.4) is 0 Å². The van der Waals surface area contributed by atoms with Crippen LogP contribution in [0.5, 0.6) is 0 Å². The van der Waals surface area contributed by atoms with E-state index in [2.05, 4.69) is 10.7 Å². The van der Waals surface area contributed by atoms with Crippen LogP contribution in [0.4, 0.5) is 0 Å². The summed E-state index contributed by atoms with van der Waals surface area (Å²) in [7, 11) is 3.58. The van der Waals surface area contributed by atoms with Crippen molar-refractivity contribution in [1.29, 1.82) is 0 Å². The topological polar surface area (TPSA) is 120 Å². The van der Waals surface area contributed by atoms with Gasteiger partial charge in [-0.3, -0.25) is 20.2 Å². The van der Waals surface area contributed by atoms with Crippen LogP contribution in [0.2, 0.25) is 0 Å². The smallest absolute Gasteiger partial charge is 0.194 e. The summed E-state index contributed by atoms with van der Waals surface area (Å²) >= 11 is 0. The summed E-state index contributed by atoms with van der Waals surface area (Å²) in [4.78, 5) is 16.6. The summed E-state index contributed by atoms with van der Waals surface area (Å²) in [5, 5.41) is 17.6. The summed E-state index contributed by atoms with van der Waals surface area (Å²) in [6.45, 7) is 0. The Morgan fingerprint density at radius 2 is 0.850 bits per heavy atom. The predicted molar refractivity (Wildman–Crippen MR) is 77.9 cm³/mol. The molecule has 0 heterocycles. The molecule has 0 aromatic heterocycles. The minimum absolute atomic E-state index is 0. The number of nitrogens with zero attached hydrogens (tertiary/aromatic N) is 2. The van der Waals surface area contributed by atoms with Crippen molar-refractivity contribution in [3.63, 3.8) is 0 Å². The van der Waals surface area contributed by atoms with Gasteiger partial charge in [-0.15, -0.1) is 0 Å². The van der Waals surface area contributed by atoms with Crippen molar-refractivity contribution in [2.75, 3.05) is 14.1 Å². The Balaban J connectivity index is -0.00000000562. The van der Waals surface area contributed by atoms with E-state index >= 15 is 0 Å². The van der Waals surface area contributed by atoms with E-state index in [9.17, 15) is 0 Å². The summed E-state index contributed by atoms with van der Waals surface area (Å²) < 4.78 is 17.5. The number of nitro groups is 2. The SMILES string of the molecule is C.C[N+](=O)[O-].C[N+](=O)[O-].O=[S-](=O)Cl.[B].[B].[CH3-].[CH3-].[CH3-].[Y].[Y]. The first-order chi connectivity index (χ1) is 5.20. The Morgan fingerprint density at radius 3 is 0.850 bits per heavy atom. The number of hydrogen-bond acceptors (Lipinski definition) is 7. The van der Waals surface area contributed by atoms with Gasteiger partial charge in [0.1, 0.15) is 0 Å². The van der Waals surface area contributed by atoms with Crippen LogP contribution in [0, 0.1) is 42.5 Å². The average molecular weight is 482 g/mol. The monoisotopic (exact) mass is 482 g/mol. The summed E-state index contributed by atoms with van der Waals surface area (Å²) in [5.41, 5.74) is 0. The number of halogens is 1. The maximum absolute atomic E-state index is 8.81. The van der Waals surface area contributed by atoms with Crippen molar-refractivity contribution < 1.29 is 83.7 Å². The zero-order valence-corrected chi connectivity index (χ0v) is 18.7. The van der Waals surface area contributed by atoms with E-state index < -0.39 is 19.8 Å². The van der Waals surface area contributed by atoms with Gasteiger partial charge < -0.3 is 30.7 Å². The summed E-state index contributed by atoms with van der Waals surface area (Å²) in [6.07, 6.45) is 0. The Bertz CT molecular complexity index is 200. The van der Waals surface area contributed by atoms with Crippen molar-refractivity contribution in [2.45, 2.75) is 7.43 Å². The molecule has 0 unspecified atom stereocenters. The second-order valence-corrected chi connectivity index (χ2v) is 2.22. The molecule has 0 spiro atoms. The maximum Gasteiger partial charge on any atom is 0.194 e. The quantitative estimate of drug-likeness (QED) is 0.129. The third-order valence-electron chi connectivity index (χ3n) is 0. The first kappa shape index (κ1) is 82.4. The van der Waals surface area contributed by atoms with E-state index in [1.54, 1.807) is 0 Å². The fourth-order valence-electron chi connectivity index (χ4n) is 0. The van der Waals surface area contributed by atoms with E-state index in [4.69, 9.17) is 28.6 Å². The zero-order valence-electron chi connectivity index (χ0n) is 11.4. The molecular formula is C6H19B2ClN2O6SY2-4. The molecule has 20 heavy (non-hydrogen) atoms. The Morgan fingerprint density at radius 1 is 0.850 bits per heavy atom.